The van der Waals surface area contributed by atoms with Crippen LogP contribution in [0.15, 0.2) is 24.3 Å². The minimum atomic E-state index is 0.599. The molecule has 0 fully saturated rings. The maximum atomic E-state index is 5.65. The van der Waals surface area contributed by atoms with Crippen LogP contribution in [0.3, 0.4) is 0 Å². The van der Waals surface area contributed by atoms with Gasteiger partial charge in [0.15, 0.2) is 0 Å². The summed E-state index contributed by atoms with van der Waals surface area (Å²) in [4.78, 5) is 3.04. The van der Waals surface area contributed by atoms with Crippen LogP contribution >= 0.6 is 12.2 Å². The molecule has 0 amide bonds. The van der Waals surface area contributed by atoms with E-state index in [2.05, 4.69) is 29.2 Å². The molecule has 116 valence electrons. The van der Waals surface area contributed by atoms with Crippen molar-refractivity contribution in [3.63, 3.8) is 0 Å². The van der Waals surface area contributed by atoms with E-state index < -0.39 is 0 Å². The van der Waals surface area contributed by atoms with E-state index in [9.17, 15) is 0 Å². The normalized spacial score (nSPS) is 17.7. The first kappa shape index (κ1) is 16.4. The minimum absolute atomic E-state index is 0.599. The molecule has 0 saturated carbocycles. The summed E-state index contributed by atoms with van der Waals surface area (Å²) in [5, 5.41) is 0. The average molecular weight is 306 g/mol. The van der Waals surface area contributed by atoms with Gasteiger partial charge in [0.05, 0.1) is 11.6 Å². The first-order valence-electron chi connectivity index (χ1n) is 7.78. The summed E-state index contributed by atoms with van der Waals surface area (Å²) >= 11 is 5.01. The number of aryl methyl sites for hydroxylation is 1. The Balaban J connectivity index is 2.00. The van der Waals surface area contributed by atoms with Crippen molar-refractivity contribution in [3.05, 3.63) is 35.4 Å². The van der Waals surface area contributed by atoms with E-state index in [4.69, 9.17) is 22.7 Å². The van der Waals surface area contributed by atoms with Crippen molar-refractivity contribution in [1.29, 1.82) is 0 Å². The zero-order valence-electron chi connectivity index (χ0n) is 12.9. The van der Waals surface area contributed by atoms with Crippen molar-refractivity contribution in [2.45, 2.75) is 31.6 Å². The van der Waals surface area contributed by atoms with E-state index in [-0.39, 0.29) is 0 Å². The van der Waals surface area contributed by atoms with Gasteiger partial charge in [-0.15, -0.1) is 0 Å². The highest BCUT2D eigenvalue weighted by Gasteiger charge is 2.22. The lowest BCUT2D eigenvalue weighted by atomic mass is 9.82. The summed E-state index contributed by atoms with van der Waals surface area (Å²) in [6, 6.07) is 8.87. The van der Waals surface area contributed by atoms with E-state index in [1.165, 1.54) is 30.4 Å². The summed E-state index contributed by atoms with van der Waals surface area (Å²) < 4.78 is 5.23. The van der Waals surface area contributed by atoms with Gasteiger partial charge in [-0.3, -0.25) is 0 Å². The SMILES string of the molecule is COCCN(CCC(N)=S)CC1CCCc2ccccc21. The van der Waals surface area contributed by atoms with Crippen molar-refractivity contribution >= 4 is 17.2 Å². The predicted octanol–water partition coefficient (Wildman–Crippen LogP) is 2.73. The topological polar surface area (TPSA) is 38.5 Å². The molecule has 2 N–H and O–H groups in total. The van der Waals surface area contributed by atoms with Crippen molar-refractivity contribution in [2.75, 3.05) is 33.4 Å². The third kappa shape index (κ3) is 5.06. The molecule has 0 heterocycles. The maximum Gasteiger partial charge on any atom is 0.0740 e. The fourth-order valence-corrected chi connectivity index (χ4v) is 3.23. The van der Waals surface area contributed by atoms with E-state index in [0.29, 0.717) is 10.9 Å². The van der Waals surface area contributed by atoms with Gasteiger partial charge in [0, 0.05) is 33.2 Å². The van der Waals surface area contributed by atoms with E-state index in [0.717, 1.165) is 32.7 Å². The third-order valence-electron chi connectivity index (χ3n) is 4.26. The molecule has 0 saturated heterocycles. The summed E-state index contributed by atoms with van der Waals surface area (Å²) in [6.45, 7) is 3.70. The Kier molecular flexibility index (Phi) is 6.61. The van der Waals surface area contributed by atoms with Crippen LogP contribution in [0.2, 0.25) is 0 Å². The molecule has 0 aromatic heterocycles. The zero-order chi connectivity index (χ0) is 15.1. The summed E-state index contributed by atoms with van der Waals surface area (Å²) in [6.07, 6.45) is 4.56. The first-order valence-corrected chi connectivity index (χ1v) is 8.19. The summed E-state index contributed by atoms with van der Waals surface area (Å²) in [7, 11) is 1.75. The van der Waals surface area contributed by atoms with Crippen LogP contribution in [-0.2, 0) is 11.2 Å². The van der Waals surface area contributed by atoms with E-state index in [1.54, 1.807) is 7.11 Å². The highest BCUT2D eigenvalue weighted by molar-refractivity contribution is 7.80. The molecule has 4 heteroatoms. The van der Waals surface area contributed by atoms with E-state index in [1.807, 2.05) is 0 Å². The molecule has 1 aromatic rings. The Morgan fingerprint density at radius 1 is 1.38 bits per heavy atom. The lowest BCUT2D eigenvalue weighted by molar-refractivity contribution is 0.143. The fourth-order valence-electron chi connectivity index (χ4n) is 3.14. The van der Waals surface area contributed by atoms with Gasteiger partial charge in [0.1, 0.15) is 0 Å². The number of benzene rings is 1. The standard InChI is InChI=1S/C17H26N2OS/c1-20-12-11-19(10-9-17(18)21)13-15-7-4-6-14-5-2-3-8-16(14)15/h2-3,5,8,15H,4,6-7,9-13H2,1H3,(H2,18,21). The predicted molar refractivity (Wildman–Crippen MR) is 91.8 cm³/mol. The molecule has 1 atom stereocenters. The third-order valence-corrected chi connectivity index (χ3v) is 4.46. The van der Waals surface area contributed by atoms with Gasteiger partial charge in [-0.1, -0.05) is 36.5 Å². The first-order chi connectivity index (χ1) is 10.2. The van der Waals surface area contributed by atoms with E-state index >= 15 is 0 Å². The van der Waals surface area contributed by atoms with Crippen LogP contribution in [-0.4, -0.2) is 43.2 Å². The molecule has 3 nitrogen and oxygen atoms in total. The van der Waals surface area contributed by atoms with Gasteiger partial charge in [-0.05, 0) is 36.3 Å². The van der Waals surface area contributed by atoms with Crippen molar-refractivity contribution < 1.29 is 4.74 Å². The van der Waals surface area contributed by atoms with Gasteiger partial charge in [0.2, 0.25) is 0 Å². The quantitative estimate of drug-likeness (QED) is 0.750. The fraction of sp³-hybridized carbons (Fsp3) is 0.588. The molecule has 0 aliphatic heterocycles. The average Bonchev–Trinajstić information content (AvgIpc) is 2.50. The van der Waals surface area contributed by atoms with Gasteiger partial charge >= 0.3 is 0 Å². The number of nitrogens with zero attached hydrogens (tertiary/aromatic N) is 1. The molecule has 0 spiro atoms. The summed E-state index contributed by atoms with van der Waals surface area (Å²) in [5.74, 6) is 0.623. The second kappa shape index (κ2) is 8.47. The summed E-state index contributed by atoms with van der Waals surface area (Å²) in [5.41, 5.74) is 8.70. The molecule has 0 bridgehead atoms. The smallest absolute Gasteiger partial charge is 0.0740 e. The Morgan fingerprint density at radius 3 is 2.95 bits per heavy atom. The number of fused-ring (bicyclic) bond motifs is 1. The van der Waals surface area contributed by atoms with Crippen LogP contribution in [0, 0.1) is 0 Å². The van der Waals surface area contributed by atoms with Crippen LogP contribution in [0.25, 0.3) is 0 Å². The van der Waals surface area contributed by atoms with Crippen LogP contribution < -0.4 is 5.73 Å². The number of hydrogen-bond acceptors (Lipinski definition) is 3. The van der Waals surface area contributed by atoms with Crippen LogP contribution in [0.1, 0.15) is 36.3 Å². The highest BCUT2D eigenvalue weighted by atomic mass is 32.1. The van der Waals surface area contributed by atoms with Gasteiger partial charge in [-0.25, -0.2) is 0 Å². The van der Waals surface area contributed by atoms with Crippen molar-refractivity contribution in [1.82, 2.24) is 4.90 Å². The van der Waals surface area contributed by atoms with Crippen molar-refractivity contribution in [2.24, 2.45) is 5.73 Å². The van der Waals surface area contributed by atoms with Gasteiger partial charge in [0.25, 0.3) is 0 Å². The number of nitrogens with two attached hydrogens (primary N) is 1. The van der Waals surface area contributed by atoms with Gasteiger partial charge < -0.3 is 15.4 Å². The molecule has 1 aliphatic carbocycles. The molecule has 2 rings (SSSR count). The number of rotatable bonds is 8. The Bertz CT molecular complexity index is 464. The maximum absolute atomic E-state index is 5.65. The molecular formula is C17H26N2OS. The molecule has 0 radical (unpaired) electrons. The number of thiocarbonyl (C=S) groups is 1. The molecular weight excluding hydrogens is 280 g/mol. The van der Waals surface area contributed by atoms with Gasteiger partial charge in [-0.2, -0.15) is 0 Å². The lowest BCUT2D eigenvalue weighted by Crippen LogP contribution is -2.35. The number of hydrogen-bond donors (Lipinski definition) is 1. The Morgan fingerprint density at radius 2 is 2.19 bits per heavy atom. The Labute approximate surface area is 133 Å². The largest absolute Gasteiger partial charge is 0.393 e. The Hall–Kier alpha value is -0.970. The highest BCUT2D eigenvalue weighted by Crippen LogP contribution is 2.32. The van der Waals surface area contributed by atoms with Crippen LogP contribution in [0.5, 0.6) is 0 Å². The molecule has 1 aliphatic rings. The van der Waals surface area contributed by atoms with Crippen LogP contribution in [0.4, 0.5) is 0 Å². The second-order valence-corrected chi connectivity index (χ2v) is 6.32. The number of methoxy groups -OCH3 is 1. The lowest BCUT2D eigenvalue weighted by Gasteiger charge is -2.31. The number of ether oxygens (including phenoxy) is 1. The molecule has 21 heavy (non-hydrogen) atoms. The monoisotopic (exact) mass is 306 g/mol. The zero-order valence-corrected chi connectivity index (χ0v) is 13.7. The van der Waals surface area contributed by atoms with Crippen molar-refractivity contribution in [3.8, 4) is 0 Å². The minimum Gasteiger partial charge on any atom is -0.393 e. The molecule has 1 aromatic carbocycles. The second-order valence-electron chi connectivity index (χ2n) is 5.80. The molecule has 1 unspecified atom stereocenters.